The van der Waals surface area contributed by atoms with Crippen LogP contribution in [0.15, 0.2) is 0 Å². The Morgan fingerprint density at radius 2 is 0.886 bits per heavy atom. The van der Waals surface area contributed by atoms with Crippen LogP contribution >= 0.6 is 0 Å². The highest BCUT2D eigenvalue weighted by Gasteiger charge is 2.22. The molecule has 0 heterocycles. The van der Waals surface area contributed by atoms with Crippen LogP contribution in [-0.2, 0) is 62.1 Å². The summed E-state index contributed by atoms with van der Waals surface area (Å²) >= 11 is 0. The minimum atomic E-state index is -1.37. The second-order valence-corrected chi connectivity index (χ2v) is 17.4. The van der Waals surface area contributed by atoms with E-state index in [9.17, 15) is 48.3 Å². The van der Waals surface area contributed by atoms with Crippen LogP contribution in [0.4, 0.5) is 0 Å². The Morgan fingerprint density at radius 1 is 0.443 bits per heavy atom. The SMILES string of the molecule is CCCCNC(=O)CC[C@@H](C=O)NC(=O)CCC(NC(=O)COCCOCCNC(=O)COCCOCCNC(=O)CC[C@@H](C)NC(=O)CCCCCCCCCCCCCCCCC(=O)O)C(=O)O. The lowest BCUT2D eigenvalue weighted by Gasteiger charge is -2.16. The Balaban J connectivity index is 3.74. The number of carbonyl (C=O) groups is 9. The summed E-state index contributed by atoms with van der Waals surface area (Å²) < 4.78 is 21.3. The molecule has 1 unspecified atom stereocenters. The van der Waals surface area contributed by atoms with Crippen molar-refractivity contribution in [3.63, 3.8) is 0 Å². The molecule has 0 aromatic rings. The second kappa shape index (κ2) is 46.6. The van der Waals surface area contributed by atoms with E-state index in [0.29, 0.717) is 32.2 Å². The maximum absolute atomic E-state index is 12.3. The van der Waals surface area contributed by atoms with E-state index < -0.39 is 42.4 Å². The smallest absolute Gasteiger partial charge is 0.326 e. The first-order chi connectivity index (χ1) is 33.8. The predicted octanol–water partition coefficient (Wildman–Crippen LogP) is 3.63. The summed E-state index contributed by atoms with van der Waals surface area (Å²) in [5, 5.41) is 34.0. The molecule has 0 fully saturated rings. The van der Waals surface area contributed by atoms with Crippen molar-refractivity contribution in [2.75, 3.05) is 72.5 Å². The number of carboxylic acid groups (broad SMARTS) is 2. The van der Waals surface area contributed by atoms with E-state index >= 15 is 0 Å². The molecule has 0 radical (unpaired) electrons. The largest absolute Gasteiger partial charge is 0.481 e. The minimum absolute atomic E-state index is 0.0142. The highest BCUT2D eigenvalue weighted by Crippen LogP contribution is 2.14. The molecule has 0 saturated heterocycles. The lowest BCUT2D eigenvalue weighted by Crippen LogP contribution is -2.44. The highest BCUT2D eigenvalue weighted by atomic mass is 16.5. The van der Waals surface area contributed by atoms with Gasteiger partial charge >= 0.3 is 11.9 Å². The van der Waals surface area contributed by atoms with E-state index in [1.54, 1.807) is 0 Å². The quantitative estimate of drug-likeness (QED) is 0.0319. The summed E-state index contributed by atoms with van der Waals surface area (Å²) in [6.45, 7) is 5.26. The Morgan fingerprint density at radius 3 is 1.40 bits per heavy atom. The standard InChI is InChI=1S/C49H88N6O15/c1-3-4-27-50-43(58)25-22-40(36-56)54-45(60)26-23-41(49(65)66)55-47(62)38-70-35-33-68-31-29-52-46(61)37-69-34-32-67-30-28-51-42(57)24-21-39(2)53-44(59)19-17-15-13-11-9-7-5-6-8-10-12-14-16-18-20-48(63)64/h36,39-41H,3-35,37-38H2,1-2H3,(H,50,58)(H,51,57)(H,52,61)(H,53,59)(H,54,60)(H,55,62)(H,63,64)(H,65,66)/t39-,40+,41?/m1/s1. The predicted molar refractivity (Wildman–Crippen MR) is 262 cm³/mol. The van der Waals surface area contributed by atoms with E-state index in [4.69, 9.17) is 24.1 Å². The van der Waals surface area contributed by atoms with Crippen LogP contribution < -0.4 is 31.9 Å². The number of aliphatic carboxylic acids is 2. The van der Waals surface area contributed by atoms with Crippen LogP contribution in [0.5, 0.6) is 0 Å². The number of hydrogen-bond acceptors (Lipinski definition) is 13. The van der Waals surface area contributed by atoms with Gasteiger partial charge in [0, 0.05) is 57.8 Å². The fraction of sp³-hybridized carbons (Fsp3) is 0.816. The summed E-state index contributed by atoms with van der Waals surface area (Å²) in [7, 11) is 0. The molecule has 0 rings (SSSR count). The number of amides is 6. The maximum atomic E-state index is 12.3. The van der Waals surface area contributed by atoms with Gasteiger partial charge in [-0.3, -0.25) is 33.6 Å². The third-order valence-corrected chi connectivity index (χ3v) is 10.9. The van der Waals surface area contributed by atoms with Crippen LogP contribution in [0.1, 0.15) is 168 Å². The molecule has 0 bridgehead atoms. The molecule has 21 nitrogen and oxygen atoms in total. The summed E-state index contributed by atoms with van der Waals surface area (Å²) in [6.07, 6.45) is 19.3. The van der Waals surface area contributed by atoms with Crippen molar-refractivity contribution in [2.24, 2.45) is 0 Å². The monoisotopic (exact) mass is 1000 g/mol. The number of carbonyl (C=O) groups excluding carboxylic acids is 7. The van der Waals surface area contributed by atoms with Crippen LogP contribution in [0.2, 0.25) is 0 Å². The lowest BCUT2D eigenvalue weighted by molar-refractivity contribution is -0.143. The number of unbranched alkanes of at least 4 members (excludes halogenated alkanes) is 14. The molecule has 8 N–H and O–H groups in total. The summed E-state index contributed by atoms with van der Waals surface area (Å²) in [4.78, 5) is 106. The van der Waals surface area contributed by atoms with Crippen LogP contribution in [0.3, 0.4) is 0 Å². The van der Waals surface area contributed by atoms with Gasteiger partial charge in [-0.1, -0.05) is 90.4 Å². The maximum Gasteiger partial charge on any atom is 0.326 e. The van der Waals surface area contributed by atoms with E-state index in [0.717, 1.165) is 51.4 Å². The van der Waals surface area contributed by atoms with Gasteiger partial charge in [0.05, 0.1) is 45.7 Å². The highest BCUT2D eigenvalue weighted by molar-refractivity contribution is 5.85. The number of ether oxygens (including phenoxy) is 4. The molecule has 0 spiro atoms. The number of nitrogens with one attached hydrogen (secondary N) is 6. The van der Waals surface area contributed by atoms with Gasteiger partial charge in [-0.05, 0) is 45.4 Å². The van der Waals surface area contributed by atoms with Gasteiger partial charge in [0.1, 0.15) is 25.5 Å². The average Bonchev–Trinajstić information content (AvgIpc) is 3.32. The molecule has 0 aliphatic rings. The molecular weight excluding hydrogens is 913 g/mol. The molecule has 404 valence electrons. The molecule has 0 saturated carbocycles. The number of carboxylic acids is 2. The Kier molecular flexibility index (Phi) is 43.5. The Labute approximate surface area is 415 Å². The van der Waals surface area contributed by atoms with E-state index in [-0.39, 0.29) is 121 Å². The first-order valence-electron chi connectivity index (χ1n) is 25.7. The van der Waals surface area contributed by atoms with Gasteiger partial charge in [-0.2, -0.15) is 0 Å². The van der Waals surface area contributed by atoms with Crippen molar-refractivity contribution in [3.8, 4) is 0 Å². The van der Waals surface area contributed by atoms with Gasteiger partial charge in [0.2, 0.25) is 35.4 Å². The second-order valence-electron chi connectivity index (χ2n) is 17.4. The summed E-state index contributed by atoms with van der Waals surface area (Å²) in [5.74, 6) is -4.06. The van der Waals surface area contributed by atoms with Crippen LogP contribution in [0, 0.1) is 0 Å². The van der Waals surface area contributed by atoms with Gasteiger partial charge in [-0.15, -0.1) is 0 Å². The van der Waals surface area contributed by atoms with Crippen molar-refractivity contribution in [1.82, 2.24) is 31.9 Å². The van der Waals surface area contributed by atoms with Gasteiger partial charge < -0.3 is 65.9 Å². The van der Waals surface area contributed by atoms with Crippen molar-refractivity contribution in [2.45, 2.75) is 186 Å². The molecular formula is C49H88N6O15. The van der Waals surface area contributed by atoms with Crippen molar-refractivity contribution < 1.29 is 72.3 Å². The van der Waals surface area contributed by atoms with Gasteiger partial charge in [-0.25, -0.2) is 4.79 Å². The van der Waals surface area contributed by atoms with Gasteiger partial charge in [0.15, 0.2) is 0 Å². The van der Waals surface area contributed by atoms with E-state index in [2.05, 4.69) is 31.9 Å². The minimum Gasteiger partial charge on any atom is -0.481 e. The number of hydrogen-bond donors (Lipinski definition) is 8. The third kappa shape index (κ3) is 44.5. The first-order valence-corrected chi connectivity index (χ1v) is 25.7. The fourth-order valence-electron chi connectivity index (χ4n) is 6.89. The lowest BCUT2D eigenvalue weighted by atomic mass is 10.0. The van der Waals surface area contributed by atoms with E-state index in [1.807, 2.05) is 13.8 Å². The number of rotatable bonds is 50. The molecule has 0 aliphatic heterocycles. The molecule has 0 aromatic carbocycles. The number of aldehydes is 1. The summed E-state index contributed by atoms with van der Waals surface area (Å²) in [6, 6.07) is -2.38. The summed E-state index contributed by atoms with van der Waals surface area (Å²) in [5.41, 5.74) is 0. The molecule has 6 amide bonds. The van der Waals surface area contributed by atoms with Crippen LogP contribution in [0.25, 0.3) is 0 Å². The zero-order valence-electron chi connectivity index (χ0n) is 42.3. The molecule has 21 heteroatoms. The van der Waals surface area contributed by atoms with Crippen molar-refractivity contribution in [1.29, 1.82) is 0 Å². The van der Waals surface area contributed by atoms with Crippen molar-refractivity contribution >= 4 is 53.7 Å². The zero-order valence-corrected chi connectivity index (χ0v) is 42.3. The van der Waals surface area contributed by atoms with Crippen LogP contribution in [-0.4, -0.2) is 154 Å². The Hall–Kier alpha value is -4.73. The zero-order chi connectivity index (χ0) is 51.9. The average molecular weight is 1000 g/mol. The van der Waals surface area contributed by atoms with Crippen molar-refractivity contribution in [3.05, 3.63) is 0 Å². The molecule has 0 aromatic heterocycles. The fourth-order valence-corrected chi connectivity index (χ4v) is 6.89. The topological polar surface area (TPSA) is 303 Å². The van der Waals surface area contributed by atoms with E-state index in [1.165, 1.54) is 51.4 Å². The normalized spacial score (nSPS) is 12.3. The first kappa shape index (κ1) is 65.3. The Bertz CT molecular complexity index is 1460. The molecule has 70 heavy (non-hydrogen) atoms. The van der Waals surface area contributed by atoms with Gasteiger partial charge in [0.25, 0.3) is 0 Å². The molecule has 0 aliphatic carbocycles. The molecule has 3 atom stereocenters. The third-order valence-electron chi connectivity index (χ3n) is 10.9.